The molecule has 0 spiro atoms. The molecule has 0 radical (unpaired) electrons. The topological polar surface area (TPSA) is 125 Å². The number of amides is 2. The lowest BCUT2D eigenvalue weighted by molar-refractivity contribution is -0.705. The maximum Gasteiger partial charge on any atom is 0.298 e. The normalized spacial score (nSPS) is 10.5. The van der Waals surface area contributed by atoms with Gasteiger partial charge in [0.25, 0.3) is 5.03 Å². The molecule has 9 heteroatoms. The average Bonchev–Trinajstić information content (AvgIpc) is 3.02. The number of nitrogens with two attached hydrogens (primary N) is 1. The van der Waals surface area contributed by atoms with Crippen molar-refractivity contribution in [2.24, 2.45) is 5.73 Å². The Morgan fingerprint density at radius 3 is 2.50 bits per heavy atom. The lowest BCUT2D eigenvalue weighted by Crippen LogP contribution is -2.35. The number of thioether (sulfide) groups is 1. The van der Waals surface area contributed by atoms with Gasteiger partial charge < -0.3 is 20.7 Å². The van der Waals surface area contributed by atoms with Crippen LogP contribution in [0, 0.1) is 0 Å². The second-order valence-electron chi connectivity index (χ2n) is 5.19. The molecule has 1 heterocycles. The number of anilines is 1. The third-order valence-corrected chi connectivity index (χ3v) is 4.39. The number of rotatable bonds is 6. The Morgan fingerprint density at radius 2 is 1.85 bits per heavy atom. The van der Waals surface area contributed by atoms with Gasteiger partial charge in [0.2, 0.25) is 17.5 Å². The van der Waals surface area contributed by atoms with E-state index in [4.69, 9.17) is 10.3 Å². The summed E-state index contributed by atoms with van der Waals surface area (Å²) < 4.78 is 6.05. The second-order valence-corrected chi connectivity index (χ2v) is 6.16. The SMILES string of the molecule is NC(=O)c1ccc(NC(=O)CSc2c([O-])on[n+]2-c2ccccc2)cc1. The Hall–Kier alpha value is -3.33. The fourth-order valence-electron chi connectivity index (χ4n) is 2.14. The van der Waals surface area contributed by atoms with E-state index < -0.39 is 11.9 Å². The summed E-state index contributed by atoms with van der Waals surface area (Å²) in [5.74, 6) is -1.49. The van der Waals surface area contributed by atoms with Gasteiger partial charge in [-0.2, -0.15) is 0 Å². The standard InChI is InChI=1S/C17H14N4O4S/c18-15(23)11-6-8-12(9-7-11)19-14(22)10-26-16-17(24)25-20-21(16)13-4-2-1-3-5-13/h1-9H,10H2,(H3-,18,19,20,22,23,24). The zero-order chi connectivity index (χ0) is 18.5. The molecule has 2 amide bonds. The highest BCUT2D eigenvalue weighted by Gasteiger charge is 2.21. The van der Waals surface area contributed by atoms with Crippen molar-refractivity contribution in [2.75, 3.05) is 11.1 Å². The molecule has 132 valence electrons. The zero-order valence-electron chi connectivity index (χ0n) is 13.4. The summed E-state index contributed by atoms with van der Waals surface area (Å²) in [7, 11) is 0. The second kappa shape index (κ2) is 7.70. The van der Waals surface area contributed by atoms with Crippen LogP contribution in [-0.4, -0.2) is 22.8 Å². The van der Waals surface area contributed by atoms with Crippen molar-refractivity contribution < 1.29 is 23.9 Å². The Kier molecular flexibility index (Phi) is 5.18. The summed E-state index contributed by atoms with van der Waals surface area (Å²) in [4.78, 5) is 23.1. The van der Waals surface area contributed by atoms with E-state index in [-0.39, 0.29) is 16.7 Å². The number of carbonyl (C=O) groups excluding carboxylic acids is 2. The summed E-state index contributed by atoms with van der Waals surface area (Å²) >= 11 is 1.02. The van der Waals surface area contributed by atoms with Gasteiger partial charge in [-0.1, -0.05) is 18.2 Å². The molecule has 0 aliphatic carbocycles. The number of primary amides is 1. The number of aromatic nitrogens is 2. The number of hydrogen-bond donors (Lipinski definition) is 2. The van der Waals surface area contributed by atoms with Crippen LogP contribution in [0.2, 0.25) is 0 Å². The molecule has 0 saturated heterocycles. The van der Waals surface area contributed by atoms with Gasteiger partial charge in [-0.3, -0.25) is 9.59 Å². The van der Waals surface area contributed by atoms with E-state index in [9.17, 15) is 14.7 Å². The molecular weight excluding hydrogens is 356 g/mol. The van der Waals surface area contributed by atoms with Crippen LogP contribution < -0.4 is 20.8 Å². The summed E-state index contributed by atoms with van der Waals surface area (Å²) in [6.07, 6.45) is 0. The number of nitrogens with one attached hydrogen (secondary N) is 1. The van der Waals surface area contributed by atoms with Crippen molar-refractivity contribution in [3.05, 3.63) is 60.2 Å². The van der Waals surface area contributed by atoms with Gasteiger partial charge in [-0.25, -0.2) is 0 Å². The van der Waals surface area contributed by atoms with E-state index >= 15 is 0 Å². The van der Waals surface area contributed by atoms with Crippen LogP contribution in [0.3, 0.4) is 0 Å². The van der Waals surface area contributed by atoms with Crippen LogP contribution in [0.4, 0.5) is 5.69 Å². The summed E-state index contributed by atoms with van der Waals surface area (Å²) in [6, 6.07) is 15.2. The van der Waals surface area contributed by atoms with Crippen LogP contribution in [0.5, 0.6) is 5.95 Å². The Labute approximate surface area is 152 Å². The smallest absolute Gasteiger partial charge is 0.298 e. The maximum absolute atomic E-state index is 12.1. The summed E-state index contributed by atoms with van der Waals surface area (Å²) in [5.41, 5.74) is 6.69. The molecule has 0 bridgehead atoms. The van der Waals surface area contributed by atoms with Gasteiger partial charge in [-0.05, 0) is 40.7 Å². The fraction of sp³-hybridized carbons (Fsp3) is 0.0588. The monoisotopic (exact) mass is 370 g/mol. The van der Waals surface area contributed by atoms with Crippen LogP contribution in [0.15, 0.2) is 64.1 Å². The quantitative estimate of drug-likeness (QED) is 0.490. The fourth-order valence-corrected chi connectivity index (χ4v) is 2.90. The minimum absolute atomic E-state index is 0.0130. The minimum Gasteiger partial charge on any atom is -0.538 e. The van der Waals surface area contributed by atoms with Crippen molar-refractivity contribution >= 4 is 29.3 Å². The molecule has 26 heavy (non-hydrogen) atoms. The molecule has 0 saturated carbocycles. The van der Waals surface area contributed by atoms with Crippen molar-refractivity contribution in [2.45, 2.75) is 5.03 Å². The predicted molar refractivity (Wildman–Crippen MR) is 91.8 cm³/mol. The highest BCUT2D eigenvalue weighted by Crippen LogP contribution is 2.23. The van der Waals surface area contributed by atoms with Crippen LogP contribution in [0.1, 0.15) is 10.4 Å². The highest BCUT2D eigenvalue weighted by molar-refractivity contribution is 7.99. The lowest BCUT2D eigenvalue weighted by Gasteiger charge is -2.05. The van der Waals surface area contributed by atoms with Gasteiger partial charge in [0.05, 0.1) is 11.0 Å². The van der Waals surface area contributed by atoms with Gasteiger partial charge >= 0.3 is 0 Å². The summed E-state index contributed by atoms with van der Waals surface area (Å²) in [6.45, 7) is 0. The first kappa shape index (κ1) is 17.5. The Morgan fingerprint density at radius 1 is 1.15 bits per heavy atom. The van der Waals surface area contributed by atoms with Crippen molar-refractivity contribution in [1.29, 1.82) is 0 Å². The predicted octanol–water partition coefficient (Wildman–Crippen LogP) is 0.855. The third kappa shape index (κ3) is 4.01. The van der Waals surface area contributed by atoms with Gasteiger partial charge in [0, 0.05) is 23.4 Å². The molecule has 3 rings (SSSR count). The van der Waals surface area contributed by atoms with Crippen molar-refractivity contribution in [3.63, 3.8) is 0 Å². The minimum atomic E-state index is -0.613. The van der Waals surface area contributed by atoms with Gasteiger partial charge in [0.1, 0.15) is 0 Å². The molecular formula is C17H14N4O4S. The molecule has 0 aliphatic heterocycles. The molecule has 0 unspecified atom stereocenters. The first-order valence-electron chi connectivity index (χ1n) is 7.51. The molecule has 2 aromatic carbocycles. The van der Waals surface area contributed by atoms with Crippen molar-refractivity contribution in [1.82, 2.24) is 5.27 Å². The van der Waals surface area contributed by atoms with E-state index in [2.05, 4.69) is 10.6 Å². The van der Waals surface area contributed by atoms with Crippen molar-refractivity contribution in [3.8, 4) is 11.6 Å². The maximum atomic E-state index is 12.1. The molecule has 0 fully saturated rings. The summed E-state index contributed by atoms with van der Waals surface area (Å²) in [5, 5.41) is 18.4. The largest absolute Gasteiger partial charge is 0.538 e. The van der Waals surface area contributed by atoms with E-state index in [0.717, 1.165) is 11.8 Å². The number of benzene rings is 2. The molecule has 3 N–H and O–H groups in total. The molecule has 0 atom stereocenters. The van der Waals surface area contributed by atoms with Crippen LogP contribution >= 0.6 is 11.8 Å². The Balaban J connectivity index is 1.65. The molecule has 3 aromatic rings. The van der Waals surface area contributed by atoms with E-state index in [0.29, 0.717) is 16.9 Å². The molecule has 8 nitrogen and oxygen atoms in total. The first-order chi connectivity index (χ1) is 12.5. The van der Waals surface area contributed by atoms with Crippen LogP contribution in [-0.2, 0) is 4.79 Å². The van der Waals surface area contributed by atoms with E-state index in [1.165, 1.54) is 16.8 Å². The van der Waals surface area contributed by atoms with E-state index in [1.807, 2.05) is 6.07 Å². The van der Waals surface area contributed by atoms with E-state index in [1.54, 1.807) is 36.4 Å². The Bertz CT molecular complexity index is 926. The van der Waals surface area contributed by atoms with Gasteiger partial charge in [-0.15, -0.1) is 0 Å². The molecule has 1 aromatic heterocycles. The number of carbonyl (C=O) groups is 2. The number of hydrogen-bond acceptors (Lipinski definition) is 6. The van der Waals surface area contributed by atoms with Crippen LogP contribution in [0.25, 0.3) is 5.69 Å². The zero-order valence-corrected chi connectivity index (χ0v) is 14.2. The van der Waals surface area contributed by atoms with Gasteiger partial charge in [0.15, 0.2) is 5.95 Å². The molecule has 0 aliphatic rings. The third-order valence-electron chi connectivity index (χ3n) is 3.37. The highest BCUT2D eigenvalue weighted by atomic mass is 32.2. The first-order valence-corrected chi connectivity index (χ1v) is 8.50. The lowest BCUT2D eigenvalue weighted by atomic mass is 10.2. The average molecular weight is 370 g/mol. The number of para-hydroxylation sites is 1. The number of nitrogens with zero attached hydrogens (tertiary/aromatic N) is 2.